The van der Waals surface area contributed by atoms with Crippen LogP contribution in [-0.4, -0.2) is 40.0 Å². The van der Waals surface area contributed by atoms with Gasteiger partial charge in [-0.3, -0.25) is 14.5 Å². The van der Waals surface area contributed by atoms with Crippen molar-refractivity contribution in [3.05, 3.63) is 81.6 Å². The number of carbonyl (C=O) groups excluding carboxylic acids is 2. The van der Waals surface area contributed by atoms with Crippen LogP contribution >= 0.6 is 22.7 Å². The zero-order valence-electron chi connectivity index (χ0n) is 17.6. The minimum absolute atomic E-state index is 0.0498. The van der Waals surface area contributed by atoms with Crippen molar-refractivity contribution in [3.8, 4) is 5.75 Å². The Kier molecular flexibility index (Phi) is 5.39. The number of methoxy groups -OCH3 is 1. The Morgan fingerprint density at radius 3 is 2.59 bits per heavy atom. The molecule has 0 aliphatic carbocycles. The van der Waals surface area contributed by atoms with Gasteiger partial charge in [-0.2, -0.15) is 0 Å². The van der Waals surface area contributed by atoms with Crippen molar-refractivity contribution in [2.24, 2.45) is 0 Å². The molecule has 1 atom stereocenters. The maximum Gasteiger partial charge on any atom is 0.335 e. The summed E-state index contributed by atoms with van der Waals surface area (Å²) in [5.74, 6) is -2.54. The molecule has 2 N–H and O–H groups in total. The van der Waals surface area contributed by atoms with Crippen LogP contribution in [-0.2, 0) is 9.59 Å². The van der Waals surface area contributed by atoms with Crippen LogP contribution in [0.2, 0.25) is 0 Å². The number of thiophene rings is 1. The van der Waals surface area contributed by atoms with E-state index < -0.39 is 23.7 Å². The Morgan fingerprint density at radius 2 is 1.88 bits per heavy atom. The Morgan fingerprint density at radius 1 is 1.06 bits per heavy atom. The number of carboxylic acid groups (broad SMARTS) is 1. The smallest absolute Gasteiger partial charge is 0.335 e. The van der Waals surface area contributed by atoms with Crippen molar-refractivity contribution >= 4 is 61.4 Å². The topological polar surface area (TPSA) is 117 Å². The average Bonchev–Trinajstić information content (AvgIpc) is 3.56. The van der Waals surface area contributed by atoms with Crippen molar-refractivity contribution in [1.29, 1.82) is 0 Å². The third-order valence-electron chi connectivity index (χ3n) is 5.43. The predicted molar refractivity (Wildman–Crippen MR) is 129 cm³/mol. The predicted octanol–water partition coefficient (Wildman–Crippen LogP) is 4.69. The minimum atomic E-state index is -1.07. The third-order valence-corrected chi connectivity index (χ3v) is 7.37. The molecular weight excluding hydrogens is 476 g/mol. The quantitative estimate of drug-likeness (QED) is 0.236. The van der Waals surface area contributed by atoms with Gasteiger partial charge in [-0.15, -0.1) is 11.3 Å². The molecule has 1 amide bonds. The van der Waals surface area contributed by atoms with Gasteiger partial charge in [0.2, 0.25) is 0 Å². The lowest BCUT2D eigenvalue weighted by Crippen LogP contribution is -2.28. The summed E-state index contributed by atoms with van der Waals surface area (Å²) in [5, 5.41) is 22.5. The number of amides is 1. The highest BCUT2D eigenvalue weighted by molar-refractivity contribution is 7.22. The molecule has 2 aromatic heterocycles. The third kappa shape index (κ3) is 3.53. The molecule has 1 fully saturated rings. The molecule has 0 spiro atoms. The number of carbonyl (C=O) groups is 3. The highest BCUT2D eigenvalue weighted by Crippen LogP contribution is 2.45. The van der Waals surface area contributed by atoms with Gasteiger partial charge < -0.3 is 14.9 Å². The lowest BCUT2D eigenvalue weighted by atomic mass is 10.00. The number of benzene rings is 2. The second-order valence-corrected chi connectivity index (χ2v) is 9.39. The van der Waals surface area contributed by atoms with Gasteiger partial charge >= 0.3 is 11.9 Å². The van der Waals surface area contributed by atoms with Crippen LogP contribution in [0.3, 0.4) is 0 Å². The first-order valence-corrected chi connectivity index (χ1v) is 11.7. The summed E-state index contributed by atoms with van der Waals surface area (Å²) in [6.07, 6.45) is 0. The number of aliphatic hydroxyl groups excluding tert-OH is 1. The summed E-state index contributed by atoms with van der Waals surface area (Å²) >= 11 is 2.45. The first-order chi connectivity index (χ1) is 16.4. The van der Waals surface area contributed by atoms with Crippen LogP contribution < -0.4 is 9.64 Å². The number of aliphatic hydroxyl groups is 1. The zero-order valence-corrected chi connectivity index (χ0v) is 19.2. The van der Waals surface area contributed by atoms with E-state index in [0.29, 0.717) is 26.4 Å². The SMILES string of the molecule is COc1cccc(/C(O)=C2\C(=O)C(=O)N(c3nc4ccc(C(=O)O)cc4s3)C2c2cccs2)c1. The minimum Gasteiger partial charge on any atom is -0.507 e. The van der Waals surface area contributed by atoms with E-state index in [4.69, 9.17) is 4.74 Å². The van der Waals surface area contributed by atoms with E-state index >= 15 is 0 Å². The molecule has 10 heteroatoms. The number of thiazole rings is 1. The molecule has 0 bridgehead atoms. The maximum absolute atomic E-state index is 13.2. The molecule has 8 nitrogen and oxygen atoms in total. The fourth-order valence-electron chi connectivity index (χ4n) is 3.82. The number of hydrogen-bond donors (Lipinski definition) is 2. The molecule has 5 rings (SSSR count). The Labute approximate surface area is 201 Å². The van der Waals surface area contributed by atoms with Crippen molar-refractivity contribution < 1.29 is 29.3 Å². The largest absolute Gasteiger partial charge is 0.507 e. The van der Waals surface area contributed by atoms with Crippen LogP contribution in [0.15, 0.2) is 65.6 Å². The van der Waals surface area contributed by atoms with Gasteiger partial charge in [-0.05, 0) is 41.8 Å². The number of hydrogen-bond acceptors (Lipinski definition) is 8. The highest BCUT2D eigenvalue weighted by atomic mass is 32.1. The summed E-state index contributed by atoms with van der Waals surface area (Å²) in [6.45, 7) is 0. The standard InChI is InChI=1S/C24H16N2O6S2/c1-32-14-5-2-4-12(10-14)20(27)18-19(16-6-3-9-33-16)26(22(29)21(18)28)24-25-15-8-7-13(23(30)31)11-17(15)34-24/h2-11,19,27H,1H3,(H,30,31)/b20-18+. The van der Waals surface area contributed by atoms with Gasteiger partial charge in [0.05, 0.1) is 28.5 Å². The molecule has 0 saturated carbocycles. The second-order valence-electron chi connectivity index (χ2n) is 7.40. The number of carboxylic acids is 1. The summed E-state index contributed by atoms with van der Waals surface area (Å²) in [5.41, 5.74) is 0.891. The molecule has 1 aliphatic heterocycles. The number of anilines is 1. The molecule has 2 aromatic carbocycles. The molecule has 4 aromatic rings. The van der Waals surface area contributed by atoms with Gasteiger partial charge in [0.1, 0.15) is 17.6 Å². The summed E-state index contributed by atoms with van der Waals surface area (Å²) in [7, 11) is 1.49. The zero-order chi connectivity index (χ0) is 24.0. The molecule has 1 aliphatic rings. The van der Waals surface area contributed by atoms with Crippen molar-refractivity contribution in [2.75, 3.05) is 12.0 Å². The van der Waals surface area contributed by atoms with E-state index in [-0.39, 0.29) is 22.0 Å². The average molecular weight is 493 g/mol. The number of ether oxygens (including phenoxy) is 1. The first kappa shape index (κ1) is 21.8. The Balaban J connectivity index is 1.69. The van der Waals surface area contributed by atoms with Gasteiger partial charge in [0.15, 0.2) is 5.13 Å². The summed E-state index contributed by atoms with van der Waals surface area (Å²) in [6, 6.07) is 13.8. The van der Waals surface area contributed by atoms with E-state index in [1.807, 2.05) is 5.38 Å². The molecule has 3 heterocycles. The number of ketones is 1. The molecular formula is C24H16N2O6S2. The van der Waals surface area contributed by atoms with Crippen LogP contribution in [0.1, 0.15) is 26.8 Å². The van der Waals surface area contributed by atoms with Crippen molar-refractivity contribution in [1.82, 2.24) is 4.98 Å². The number of fused-ring (bicyclic) bond motifs is 1. The maximum atomic E-state index is 13.2. The van der Waals surface area contributed by atoms with Crippen LogP contribution in [0.4, 0.5) is 5.13 Å². The van der Waals surface area contributed by atoms with E-state index in [2.05, 4.69) is 4.98 Å². The van der Waals surface area contributed by atoms with E-state index in [1.165, 1.54) is 35.5 Å². The van der Waals surface area contributed by atoms with Gasteiger partial charge in [-0.25, -0.2) is 9.78 Å². The van der Waals surface area contributed by atoms with Crippen LogP contribution in [0.25, 0.3) is 16.0 Å². The summed E-state index contributed by atoms with van der Waals surface area (Å²) in [4.78, 5) is 44.2. The molecule has 1 saturated heterocycles. The highest BCUT2D eigenvalue weighted by Gasteiger charge is 2.48. The number of nitrogens with zero attached hydrogens (tertiary/aromatic N) is 2. The van der Waals surface area contributed by atoms with Crippen molar-refractivity contribution in [2.45, 2.75) is 6.04 Å². The van der Waals surface area contributed by atoms with Gasteiger partial charge in [0, 0.05) is 10.4 Å². The second kappa shape index (κ2) is 8.40. The fourth-order valence-corrected chi connectivity index (χ4v) is 5.68. The molecule has 170 valence electrons. The molecule has 34 heavy (non-hydrogen) atoms. The molecule has 0 radical (unpaired) electrons. The number of rotatable bonds is 5. The monoisotopic (exact) mass is 492 g/mol. The number of Topliss-reactive ketones (excluding diaryl/α,β-unsaturated/α-hetero) is 1. The van der Waals surface area contributed by atoms with Crippen LogP contribution in [0.5, 0.6) is 5.75 Å². The lowest BCUT2D eigenvalue weighted by molar-refractivity contribution is -0.132. The lowest BCUT2D eigenvalue weighted by Gasteiger charge is -2.21. The Hall–Kier alpha value is -4.02. The normalized spacial score (nSPS) is 17.4. The van der Waals surface area contributed by atoms with Gasteiger partial charge in [0.25, 0.3) is 5.78 Å². The van der Waals surface area contributed by atoms with Crippen molar-refractivity contribution in [3.63, 3.8) is 0 Å². The summed E-state index contributed by atoms with van der Waals surface area (Å²) < 4.78 is 5.79. The van der Waals surface area contributed by atoms with E-state index in [9.17, 15) is 24.6 Å². The number of aromatic nitrogens is 1. The first-order valence-electron chi connectivity index (χ1n) is 10.0. The van der Waals surface area contributed by atoms with E-state index in [1.54, 1.807) is 42.5 Å². The molecule has 1 unspecified atom stereocenters. The Bertz CT molecular complexity index is 1490. The van der Waals surface area contributed by atoms with Crippen LogP contribution in [0, 0.1) is 0 Å². The fraction of sp³-hybridized carbons (Fsp3) is 0.0833. The van der Waals surface area contributed by atoms with Gasteiger partial charge in [-0.1, -0.05) is 29.5 Å². The van der Waals surface area contributed by atoms with E-state index in [0.717, 1.165) is 11.3 Å². The number of aromatic carboxylic acids is 1.